The standard InChI is InChI=1S/C25H33NO5S/c1-25(2,3)30-24(28)31-26-15-14-22(23(27)18-26)19-10-12-20(13-11-19)29-16-7-17-32-21-8-5-4-6-9-21/h4-6,8-13,22-23,27H,7,14-18H2,1-3H3. The lowest BCUT2D eigenvalue weighted by molar-refractivity contribution is -0.170. The summed E-state index contributed by atoms with van der Waals surface area (Å²) in [6, 6.07) is 18.3. The molecule has 2 aromatic rings. The fraction of sp³-hybridized carbons (Fsp3) is 0.480. The van der Waals surface area contributed by atoms with E-state index in [4.69, 9.17) is 14.3 Å². The van der Waals surface area contributed by atoms with E-state index >= 15 is 0 Å². The molecule has 2 unspecified atom stereocenters. The van der Waals surface area contributed by atoms with E-state index < -0.39 is 17.9 Å². The number of rotatable bonds is 8. The quantitative estimate of drug-likeness (QED) is 0.328. The summed E-state index contributed by atoms with van der Waals surface area (Å²) in [7, 11) is 0. The average Bonchev–Trinajstić information content (AvgIpc) is 2.74. The van der Waals surface area contributed by atoms with Crippen LogP contribution < -0.4 is 4.74 Å². The molecular formula is C25H33NO5S. The van der Waals surface area contributed by atoms with Gasteiger partial charge in [0, 0.05) is 23.1 Å². The fourth-order valence-electron chi connectivity index (χ4n) is 3.52. The summed E-state index contributed by atoms with van der Waals surface area (Å²) in [4.78, 5) is 18.3. The molecule has 0 radical (unpaired) electrons. The first-order chi connectivity index (χ1) is 15.3. The molecule has 2 aromatic carbocycles. The molecule has 6 nitrogen and oxygen atoms in total. The predicted octanol–water partition coefficient (Wildman–Crippen LogP) is 5.26. The van der Waals surface area contributed by atoms with Crippen molar-refractivity contribution in [2.75, 3.05) is 25.4 Å². The van der Waals surface area contributed by atoms with Gasteiger partial charge in [0.05, 0.1) is 19.3 Å². The molecule has 1 aliphatic heterocycles. The predicted molar refractivity (Wildman–Crippen MR) is 126 cm³/mol. The number of ether oxygens (including phenoxy) is 2. The van der Waals surface area contributed by atoms with E-state index in [2.05, 4.69) is 24.3 Å². The maximum absolute atomic E-state index is 11.8. The summed E-state index contributed by atoms with van der Waals surface area (Å²) in [6.45, 7) is 6.81. The molecule has 2 atom stereocenters. The summed E-state index contributed by atoms with van der Waals surface area (Å²) in [6.07, 6.45) is 0.275. The monoisotopic (exact) mass is 459 g/mol. The molecule has 1 fully saturated rings. The summed E-state index contributed by atoms with van der Waals surface area (Å²) < 4.78 is 11.0. The Kier molecular flexibility index (Phi) is 8.84. The fourth-order valence-corrected chi connectivity index (χ4v) is 4.36. The normalized spacial score (nSPS) is 19.4. The van der Waals surface area contributed by atoms with Crippen LogP contribution in [0.3, 0.4) is 0 Å². The largest absolute Gasteiger partial charge is 0.528 e. The first kappa shape index (κ1) is 24.4. The van der Waals surface area contributed by atoms with Crippen molar-refractivity contribution in [2.24, 2.45) is 0 Å². The molecule has 32 heavy (non-hydrogen) atoms. The Bertz CT molecular complexity index is 838. The molecule has 1 aliphatic rings. The van der Waals surface area contributed by atoms with Crippen LogP contribution in [0.1, 0.15) is 45.1 Å². The van der Waals surface area contributed by atoms with Gasteiger partial charge in [-0.2, -0.15) is 0 Å². The van der Waals surface area contributed by atoms with Crippen LogP contribution in [-0.4, -0.2) is 53.5 Å². The van der Waals surface area contributed by atoms with Gasteiger partial charge in [-0.1, -0.05) is 30.3 Å². The Morgan fingerprint density at radius 3 is 2.50 bits per heavy atom. The van der Waals surface area contributed by atoms with E-state index in [0.29, 0.717) is 19.6 Å². The molecule has 3 rings (SSSR count). The summed E-state index contributed by atoms with van der Waals surface area (Å²) >= 11 is 1.83. The number of thioether (sulfide) groups is 1. The Labute approximate surface area is 194 Å². The van der Waals surface area contributed by atoms with Crippen LogP contribution in [0.15, 0.2) is 59.5 Å². The molecule has 1 saturated heterocycles. The molecule has 0 bridgehead atoms. The van der Waals surface area contributed by atoms with E-state index in [-0.39, 0.29) is 12.5 Å². The highest BCUT2D eigenvalue weighted by Crippen LogP contribution is 2.30. The molecule has 0 amide bonds. The van der Waals surface area contributed by atoms with Crippen molar-refractivity contribution in [3.8, 4) is 5.75 Å². The topological polar surface area (TPSA) is 68.2 Å². The molecule has 174 valence electrons. The molecule has 0 aliphatic carbocycles. The first-order valence-electron chi connectivity index (χ1n) is 11.0. The molecule has 7 heteroatoms. The minimum atomic E-state index is -0.744. The Morgan fingerprint density at radius 1 is 1.12 bits per heavy atom. The molecule has 1 N–H and O–H groups in total. The van der Waals surface area contributed by atoms with Gasteiger partial charge < -0.3 is 19.4 Å². The number of piperidine rings is 1. The Hall–Kier alpha value is -2.22. The van der Waals surface area contributed by atoms with Crippen molar-refractivity contribution in [2.45, 2.75) is 56.1 Å². The number of aliphatic hydroxyl groups is 1. The van der Waals surface area contributed by atoms with Gasteiger partial charge in [0.25, 0.3) is 0 Å². The van der Waals surface area contributed by atoms with E-state index in [0.717, 1.165) is 23.5 Å². The minimum absolute atomic E-state index is 0.00944. The number of aliphatic hydroxyl groups excluding tert-OH is 1. The summed E-state index contributed by atoms with van der Waals surface area (Å²) in [5.41, 5.74) is 0.444. The zero-order chi connectivity index (χ0) is 23.0. The van der Waals surface area contributed by atoms with Crippen molar-refractivity contribution in [3.05, 3.63) is 60.2 Å². The third kappa shape index (κ3) is 8.04. The Morgan fingerprint density at radius 2 is 1.84 bits per heavy atom. The highest BCUT2D eigenvalue weighted by Gasteiger charge is 2.32. The van der Waals surface area contributed by atoms with Gasteiger partial charge in [-0.25, -0.2) is 4.79 Å². The number of hydrogen-bond donors (Lipinski definition) is 1. The molecule has 0 spiro atoms. The lowest BCUT2D eigenvalue weighted by atomic mass is 9.88. The van der Waals surface area contributed by atoms with Crippen molar-refractivity contribution in [1.29, 1.82) is 0 Å². The van der Waals surface area contributed by atoms with Gasteiger partial charge >= 0.3 is 6.16 Å². The smallest absolute Gasteiger partial charge is 0.494 e. The van der Waals surface area contributed by atoms with Crippen LogP contribution in [-0.2, 0) is 9.57 Å². The van der Waals surface area contributed by atoms with Gasteiger partial charge in [-0.3, -0.25) is 0 Å². The van der Waals surface area contributed by atoms with Crippen molar-refractivity contribution < 1.29 is 24.2 Å². The van der Waals surface area contributed by atoms with Crippen molar-refractivity contribution in [3.63, 3.8) is 0 Å². The lowest BCUT2D eigenvalue weighted by Gasteiger charge is -2.34. The number of nitrogens with zero attached hydrogens (tertiary/aromatic N) is 1. The van der Waals surface area contributed by atoms with Crippen LogP contribution in [0.25, 0.3) is 0 Å². The number of β-amino-alcohol motifs (C(OH)–C–C–N with tert-alkyl or cyclic N) is 1. The second kappa shape index (κ2) is 11.6. The van der Waals surface area contributed by atoms with Gasteiger partial charge in [-0.05, 0) is 63.4 Å². The van der Waals surface area contributed by atoms with E-state index in [1.165, 1.54) is 9.96 Å². The van der Waals surface area contributed by atoms with E-state index in [9.17, 15) is 9.90 Å². The van der Waals surface area contributed by atoms with Gasteiger partial charge in [0.2, 0.25) is 0 Å². The SMILES string of the molecule is CC(C)(C)OC(=O)ON1CCC(c2ccc(OCCCSc3ccccc3)cc2)C(O)C1. The Balaban J connectivity index is 1.39. The lowest BCUT2D eigenvalue weighted by Crippen LogP contribution is -2.44. The van der Waals surface area contributed by atoms with Crippen molar-refractivity contribution >= 4 is 17.9 Å². The number of hydroxylamine groups is 2. The summed E-state index contributed by atoms with van der Waals surface area (Å²) in [5.74, 6) is 1.83. The molecule has 0 aromatic heterocycles. The second-order valence-electron chi connectivity index (χ2n) is 8.84. The van der Waals surface area contributed by atoms with Crippen LogP contribution in [0, 0.1) is 0 Å². The first-order valence-corrected chi connectivity index (χ1v) is 12.0. The van der Waals surface area contributed by atoms with E-state index in [1.54, 1.807) is 20.8 Å². The van der Waals surface area contributed by atoms with Crippen LogP contribution in [0.5, 0.6) is 5.75 Å². The third-order valence-corrected chi connectivity index (χ3v) is 6.11. The van der Waals surface area contributed by atoms with Crippen LogP contribution >= 0.6 is 11.8 Å². The van der Waals surface area contributed by atoms with Crippen molar-refractivity contribution in [1.82, 2.24) is 5.06 Å². The molecule has 0 saturated carbocycles. The number of hydrogen-bond acceptors (Lipinski definition) is 7. The third-order valence-electron chi connectivity index (χ3n) is 5.02. The van der Waals surface area contributed by atoms with Crippen LogP contribution in [0.2, 0.25) is 0 Å². The van der Waals surface area contributed by atoms with E-state index in [1.807, 2.05) is 42.1 Å². The van der Waals surface area contributed by atoms with Gasteiger partial charge in [0.15, 0.2) is 0 Å². The summed E-state index contributed by atoms with van der Waals surface area (Å²) in [5, 5.41) is 12.1. The maximum atomic E-state index is 11.8. The average molecular weight is 460 g/mol. The second-order valence-corrected chi connectivity index (χ2v) is 10.0. The number of carbonyl (C=O) groups excluding carboxylic acids is 1. The number of carbonyl (C=O) groups is 1. The highest BCUT2D eigenvalue weighted by atomic mass is 32.2. The van der Waals surface area contributed by atoms with Gasteiger partial charge in [-0.15, -0.1) is 16.8 Å². The zero-order valence-electron chi connectivity index (χ0n) is 19.0. The number of benzene rings is 2. The highest BCUT2D eigenvalue weighted by molar-refractivity contribution is 7.99. The molecular weight excluding hydrogens is 426 g/mol. The maximum Gasteiger partial charge on any atom is 0.528 e. The zero-order valence-corrected chi connectivity index (χ0v) is 19.8. The van der Waals surface area contributed by atoms with Crippen LogP contribution in [0.4, 0.5) is 4.79 Å². The molecule has 1 heterocycles. The minimum Gasteiger partial charge on any atom is -0.494 e. The van der Waals surface area contributed by atoms with Gasteiger partial charge in [0.1, 0.15) is 11.4 Å².